The van der Waals surface area contributed by atoms with Crippen molar-refractivity contribution in [2.75, 3.05) is 0 Å². The summed E-state index contributed by atoms with van der Waals surface area (Å²) < 4.78 is 4.30. The predicted octanol–water partition coefficient (Wildman–Crippen LogP) is 6.14. The number of nitrogens with zero attached hydrogens (tertiary/aromatic N) is 2. The number of fused-ring (bicyclic) bond motifs is 2. The molecule has 0 aliphatic carbocycles. The van der Waals surface area contributed by atoms with Crippen LogP contribution in [-0.2, 0) is 0 Å². The van der Waals surface area contributed by atoms with E-state index < -0.39 is 0 Å². The molecule has 4 heterocycles. The van der Waals surface area contributed by atoms with E-state index in [4.69, 9.17) is 0 Å². The van der Waals surface area contributed by atoms with Gasteiger partial charge in [-0.2, -0.15) is 0 Å². The normalized spacial score (nSPS) is 10.1. The van der Waals surface area contributed by atoms with E-state index in [2.05, 4.69) is 97.7 Å². The Balaban J connectivity index is 0.000000158. The molecule has 126 valence electrons. The van der Waals surface area contributed by atoms with Crippen LogP contribution in [-0.4, -0.2) is 8.80 Å². The van der Waals surface area contributed by atoms with Gasteiger partial charge in [-0.3, -0.25) is 0 Å². The highest BCUT2D eigenvalue weighted by Crippen LogP contribution is 2.11. The molecule has 0 aliphatic heterocycles. The Morgan fingerprint density at radius 3 is 1.79 bits per heavy atom. The molecule has 0 atom stereocenters. The van der Waals surface area contributed by atoms with E-state index >= 15 is 0 Å². The smallest absolute Gasteiger partial charge is 0.0455 e. The van der Waals surface area contributed by atoms with E-state index in [0.29, 0.717) is 0 Å². The van der Waals surface area contributed by atoms with E-state index in [1.807, 2.05) is 13.8 Å². The summed E-state index contributed by atoms with van der Waals surface area (Å²) in [6, 6.07) is 12.9. The highest BCUT2D eigenvalue weighted by molar-refractivity contribution is 5.52. The minimum absolute atomic E-state index is 1.27. The Kier molecular flexibility index (Phi) is 5.86. The van der Waals surface area contributed by atoms with Gasteiger partial charge in [-0.05, 0) is 80.3 Å². The Morgan fingerprint density at radius 1 is 0.542 bits per heavy atom. The summed E-state index contributed by atoms with van der Waals surface area (Å²) in [5.41, 5.74) is 7.80. The van der Waals surface area contributed by atoms with Crippen LogP contribution in [0.3, 0.4) is 0 Å². The Bertz CT molecular complexity index is 848. The summed E-state index contributed by atoms with van der Waals surface area (Å²) in [4.78, 5) is 0. The molecule has 0 aromatic carbocycles. The number of aromatic nitrogens is 2. The molecule has 2 heteroatoms. The topological polar surface area (TPSA) is 8.82 Å². The van der Waals surface area contributed by atoms with Gasteiger partial charge in [0.25, 0.3) is 0 Å². The molecule has 0 radical (unpaired) electrons. The summed E-state index contributed by atoms with van der Waals surface area (Å²) in [7, 11) is 0. The molecule has 0 N–H and O–H groups in total. The van der Waals surface area contributed by atoms with Crippen molar-refractivity contribution >= 4 is 11.0 Å². The molecule has 0 saturated carbocycles. The molecule has 24 heavy (non-hydrogen) atoms. The number of aryl methyl sites for hydroxylation is 4. The second kappa shape index (κ2) is 7.87. The minimum atomic E-state index is 1.27. The molecule has 2 nitrogen and oxygen atoms in total. The second-order valence-corrected chi connectivity index (χ2v) is 6.11. The average molecular weight is 320 g/mol. The number of pyridine rings is 2. The van der Waals surface area contributed by atoms with Crippen molar-refractivity contribution in [2.45, 2.75) is 41.5 Å². The fourth-order valence-electron chi connectivity index (χ4n) is 2.73. The van der Waals surface area contributed by atoms with Gasteiger partial charge in [0.1, 0.15) is 0 Å². The summed E-state index contributed by atoms with van der Waals surface area (Å²) >= 11 is 0. The maximum absolute atomic E-state index is 2.19. The average Bonchev–Trinajstić information content (AvgIpc) is 3.09. The van der Waals surface area contributed by atoms with Crippen LogP contribution >= 0.6 is 0 Å². The summed E-state index contributed by atoms with van der Waals surface area (Å²) in [5.74, 6) is 0. The first kappa shape index (κ1) is 17.9. The van der Waals surface area contributed by atoms with Crippen molar-refractivity contribution in [3.05, 3.63) is 83.4 Å². The molecule has 4 aromatic rings. The highest BCUT2D eigenvalue weighted by Gasteiger charge is 1.94. The van der Waals surface area contributed by atoms with Gasteiger partial charge >= 0.3 is 0 Å². The van der Waals surface area contributed by atoms with Crippen LogP contribution in [0.1, 0.15) is 36.1 Å². The molecule has 0 unspecified atom stereocenters. The number of hydrogen-bond donors (Lipinski definition) is 0. The summed E-state index contributed by atoms with van der Waals surface area (Å²) in [6.45, 7) is 12.4. The van der Waals surface area contributed by atoms with Crippen LogP contribution in [0.4, 0.5) is 0 Å². The van der Waals surface area contributed by atoms with E-state index in [0.717, 1.165) is 0 Å². The summed E-state index contributed by atoms with van der Waals surface area (Å²) in [6.07, 6.45) is 8.51. The van der Waals surface area contributed by atoms with Crippen LogP contribution in [0.5, 0.6) is 0 Å². The molecular formula is C22H28N2. The highest BCUT2D eigenvalue weighted by atomic mass is 14.9. The lowest BCUT2D eigenvalue weighted by molar-refractivity contribution is 1.16. The van der Waals surface area contributed by atoms with Gasteiger partial charge in [-0.15, -0.1) is 0 Å². The number of hydrogen-bond acceptors (Lipinski definition) is 0. The van der Waals surface area contributed by atoms with Crippen LogP contribution < -0.4 is 0 Å². The fourth-order valence-corrected chi connectivity index (χ4v) is 2.73. The monoisotopic (exact) mass is 320 g/mol. The van der Waals surface area contributed by atoms with E-state index in [-0.39, 0.29) is 0 Å². The molecule has 0 spiro atoms. The van der Waals surface area contributed by atoms with Gasteiger partial charge in [0.05, 0.1) is 0 Å². The van der Waals surface area contributed by atoms with Crippen molar-refractivity contribution in [2.24, 2.45) is 0 Å². The van der Waals surface area contributed by atoms with Crippen molar-refractivity contribution < 1.29 is 0 Å². The first-order chi connectivity index (χ1) is 11.5. The molecule has 4 aromatic heterocycles. The zero-order chi connectivity index (χ0) is 17.7. The quantitative estimate of drug-likeness (QED) is 0.368. The summed E-state index contributed by atoms with van der Waals surface area (Å²) in [5, 5.41) is 0. The Labute approximate surface area is 145 Å². The first-order valence-electron chi connectivity index (χ1n) is 8.61. The maximum Gasteiger partial charge on any atom is 0.0455 e. The molecule has 0 saturated heterocycles. The molecule has 0 aliphatic rings. The van der Waals surface area contributed by atoms with Crippen molar-refractivity contribution in [1.29, 1.82) is 0 Å². The van der Waals surface area contributed by atoms with Crippen molar-refractivity contribution in [3.63, 3.8) is 0 Å². The third-order valence-corrected chi connectivity index (χ3v) is 3.77. The maximum atomic E-state index is 2.19. The third-order valence-electron chi connectivity index (χ3n) is 3.77. The van der Waals surface area contributed by atoms with Crippen molar-refractivity contribution in [1.82, 2.24) is 8.80 Å². The fraction of sp³-hybridized carbons (Fsp3) is 0.273. The lowest BCUT2D eigenvalue weighted by Crippen LogP contribution is -1.81. The standard InChI is InChI=1S/2C10H11N.C2H6/c1-8-3-4-10-5-9(2)7-11(10)6-8;1-8-3-4-11-7-9(2)6-10(11)5-8;1-2/h2*3-7H,1-2H3;1-2H3. The van der Waals surface area contributed by atoms with Gasteiger partial charge < -0.3 is 8.80 Å². The molecular weight excluding hydrogens is 292 g/mol. The van der Waals surface area contributed by atoms with Gasteiger partial charge in [-0.25, -0.2) is 0 Å². The lowest BCUT2D eigenvalue weighted by atomic mass is 10.3. The second-order valence-electron chi connectivity index (χ2n) is 6.11. The largest absolute Gasteiger partial charge is 0.324 e. The van der Waals surface area contributed by atoms with Crippen LogP contribution in [0, 0.1) is 27.7 Å². The molecule has 0 amide bonds. The van der Waals surface area contributed by atoms with E-state index in [9.17, 15) is 0 Å². The van der Waals surface area contributed by atoms with E-state index in [1.54, 1.807) is 0 Å². The third kappa shape index (κ3) is 4.29. The molecule has 0 bridgehead atoms. The lowest BCUT2D eigenvalue weighted by Gasteiger charge is -1.94. The van der Waals surface area contributed by atoms with Crippen LogP contribution in [0.15, 0.2) is 61.2 Å². The van der Waals surface area contributed by atoms with Gasteiger partial charge in [0.2, 0.25) is 0 Å². The zero-order valence-corrected chi connectivity index (χ0v) is 15.7. The van der Waals surface area contributed by atoms with E-state index in [1.165, 1.54) is 33.3 Å². The SMILES string of the molecule is CC.Cc1ccc2cc(C)cn2c1.Cc1ccn2cc(C)cc2c1. The van der Waals surface area contributed by atoms with Gasteiger partial charge in [0, 0.05) is 35.8 Å². The minimum Gasteiger partial charge on any atom is -0.324 e. The Hall–Kier alpha value is -2.48. The van der Waals surface area contributed by atoms with Crippen LogP contribution in [0.25, 0.3) is 11.0 Å². The number of rotatable bonds is 0. The van der Waals surface area contributed by atoms with Gasteiger partial charge in [0.15, 0.2) is 0 Å². The molecule has 0 fully saturated rings. The van der Waals surface area contributed by atoms with Crippen LogP contribution in [0.2, 0.25) is 0 Å². The zero-order valence-electron chi connectivity index (χ0n) is 15.7. The predicted molar refractivity (Wildman–Crippen MR) is 105 cm³/mol. The van der Waals surface area contributed by atoms with Gasteiger partial charge in [-0.1, -0.05) is 19.9 Å². The van der Waals surface area contributed by atoms with Crippen molar-refractivity contribution in [3.8, 4) is 0 Å². The Morgan fingerprint density at radius 2 is 1.08 bits per heavy atom. The molecule has 4 rings (SSSR count). The first-order valence-corrected chi connectivity index (χ1v) is 8.61.